The lowest BCUT2D eigenvalue weighted by Crippen LogP contribution is -2.12. The molecule has 0 fully saturated rings. The first kappa shape index (κ1) is 8.99. The van der Waals surface area contributed by atoms with E-state index < -0.39 is 0 Å². The fraction of sp³-hybridized carbons (Fsp3) is 0. The van der Waals surface area contributed by atoms with E-state index in [-0.39, 0.29) is 16.1 Å². The molecule has 12 heavy (non-hydrogen) atoms. The topological polar surface area (TPSA) is 58.6 Å². The molecule has 0 bridgehead atoms. The molecule has 0 saturated heterocycles. The van der Waals surface area contributed by atoms with Gasteiger partial charge in [0.05, 0.1) is 4.47 Å². The van der Waals surface area contributed by atoms with Gasteiger partial charge in [0.25, 0.3) is 0 Å². The summed E-state index contributed by atoms with van der Waals surface area (Å²) in [6.07, 6.45) is 0. The van der Waals surface area contributed by atoms with Crippen LogP contribution in [0.1, 0.15) is 5.56 Å². The zero-order chi connectivity index (χ0) is 9.14. The van der Waals surface area contributed by atoms with Gasteiger partial charge in [-0.3, -0.25) is 0 Å². The molecule has 3 nitrogen and oxygen atoms in total. The summed E-state index contributed by atoms with van der Waals surface area (Å²) in [5.41, 5.74) is 5.73. The average molecular weight is 233 g/mol. The van der Waals surface area contributed by atoms with Crippen molar-refractivity contribution < 1.29 is 9.60 Å². The Balaban J connectivity index is 3.13. The van der Waals surface area contributed by atoms with Crippen LogP contribution < -0.4 is 5.73 Å². The first-order valence-electron chi connectivity index (χ1n) is 3.08. The Morgan fingerprint density at radius 2 is 2.25 bits per heavy atom. The van der Waals surface area contributed by atoms with E-state index in [9.17, 15) is 4.39 Å². The van der Waals surface area contributed by atoms with E-state index in [0.717, 1.165) is 0 Å². The largest absolute Gasteiger partial charge is 0.409 e. The number of hydrogen-bond acceptors (Lipinski definition) is 2. The van der Waals surface area contributed by atoms with Gasteiger partial charge in [-0.15, -0.1) is 0 Å². The lowest BCUT2D eigenvalue weighted by atomic mass is 10.2. The van der Waals surface area contributed by atoms with Gasteiger partial charge in [-0.25, -0.2) is 4.39 Å². The van der Waals surface area contributed by atoms with Crippen molar-refractivity contribution in [3.05, 3.63) is 34.1 Å². The van der Waals surface area contributed by atoms with Crippen LogP contribution in [-0.2, 0) is 0 Å². The Labute approximate surface area is 76.8 Å². The monoisotopic (exact) mass is 232 g/mol. The van der Waals surface area contributed by atoms with Crippen LogP contribution in [0.2, 0.25) is 0 Å². The summed E-state index contributed by atoms with van der Waals surface area (Å²) in [5, 5.41) is 11.1. The number of nitrogens with zero attached hydrogens (tertiary/aromatic N) is 1. The van der Waals surface area contributed by atoms with Crippen molar-refractivity contribution in [2.75, 3.05) is 0 Å². The molecule has 64 valence electrons. The minimum atomic E-state index is -0.385. The van der Waals surface area contributed by atoms with Gasteiger partial charge in [0, 0.05) is 5.56 Å². The number of nitrogens with two attached hydrogens (primary N) is 1. The second-order valence-corrected chi connectivity index (χ2v) is 2.97. The molecule has 0 radical (unpaired) electrons. The molecule has 0 heterocycles. The molecule has 0 unspecified atom stereocenters. The summed E-state index contributed by atoms with van der Waals surface area (Å²) in [6.45, 7) is 0. The maximum Gasteiger partial charge on any atom is 0.170 e. The summed E-state index contributed by atoms with van der Waals surface area (Å²) >= 11 is 2.98. The maximum absolute atomic E-state index is 12.7. The molecule has 1 aromatic carbocycles. The molecule has 0 amide bonds. The minimum Gasteiger partial charge on any atom is -0.409 e. The first-order valence-corrected chi connectivity index (χ1v) is 3.87. The van der Waals surface area contributed by atoms with Gasteiger partial charge in [0.2, 0.25) is 0 Å². The third kappa shape index (κ3) is 1.73. The van der Waals surface area contributed by atoms with Crippen LogP contribution in [-0.4, -0.2) is 11.0 Å². The van der Waals surface area contributed by atoms with Crippen molar-refractivity contribution in [1.29, 1.82) is 0 Å². The molecule has 0 atom stereocenters. The van der Waals surface area contributed by atoms with Crippen molar-refractivity contribution in [3.8, 4) is 0 Å². The van der Waals surface area contributed by atoms with Gasteiger partial charge in [-0.05, 0) is 34.1 Å². The van der Waals surface area contributed by atoms with Crippen LogP contribution in [0.15, 0.2) is 27.8 Å². The lowest BCUT2D eigenvalue weighted by Gasteiger charge is -1.99. The summed E-state index contributed by atoms with van der Waals surface area (Å²) in [5.74, 6) is -0.430. The van der Waals surface area contributed by atoms with Gasteiger partial charge < -0.3 is 10.9 Å². The van der Waals surface area contributed by atoms with Gasteiger partial charge in [-0.2, -0.15) is 0 Å². The highest BCUT2D eigenvalue weighted by atomic mass is 79.9. The van der Waals surface area contributed by atoms with Crippen molar-refractivity contribution in [1.82, 2.24) is 0 Å². The van der Waals surface area contributed by atoms with Crippen molar-refractivity contribution in [2.45, 2.75) is 0 Å². The van der Waals surface area contributed by atoms with Gasteiger partial charge >= 0.3 is 0 Å². The molecule has 0 spiro atoms. The Hall–Kier alpha value is -1.10. The number of oxime groups is 1. The molecule has 0 saturated carbocycles. The maximum atomic E-state index is 12.7. The molecule has 0 aliphatic carbocycles. The van der Waals surface area contributed by atoms with E-state index in [1.165, 1.54) is 18.2 Å². The van der Waals surface area contributed by atoms with E-state index in [1.54, 1.807) is 0 Å². The third-order valence-corrected chi connectivity index (χ3v) is 1.93. The Morgan fingerprint density at radius 3 is 2.75 bits per heavy atom. The van der Waals surface area contributed by atoms with Gasteiger partial charge in [0.15, 0.2) is 5.84 Å². The molecule has 1 aromatic rings. The van der Waals surface area contributed by atoms with Crippen LogP contribution >= 0.6 is 15.9 Å². The van der Waals surface area contributed by atoms with E-state index in [0.29, 0.717) is 5.56 Å². The van der Waals surface area contributed by atoms with Crippen LogP contribution in [0.5, 0.6) is 0 Å². The minimum absolute atomic E-state index is 0.0456. The number of benzene rings is 1. The molecule has 1 rings (SSSR count). The van der Waals surface area contributed by atoms with Crippen LogP contribution in [0.3, 0.4) is 0 Å². The fourth-order valence-electron chi connectivity index (χ4n) is 0.713. The van der Waals surface area contributed by atoms with Crippen molar-refractivity contribution >= 4 is 21.8 Å². The smallest absolute Gasteiger partial charge is 0.170 e. The number of amidine groups is 1. The highest BCUT2D eigenvalue weighted by molar-refractivity contribution is 9.10. The predicted octanol–water partition coefficient (Wildman–Crippen LogP) is 1.68. The summed E-state index contributed by atoms with van der Waals surface area (Å²) in [4.78, 5) is 0. The molecular weight excluding hydrogens is 227 g/mol. The van der Waals surface area contributed by atoms with E-state index in [4.69, 9.17) is 10.9 Å². The molecule has 0 aromatic heterocycles. The zero-order valence-corrected chi connectivity index (χ0v) is 7.55. The molecular formula is C7H6BrFN2O. The van der Waals surface area contributed by atoms with Crippen LogP contribution in [0.4, 0.5) is 4.39 Å². The van der Waals surface area contributed by atoms with Crippen LogP contribution in [0.25, 0.3) is 0 Å². The molecule has 5 heteroatoms. The average Bonchev–Trinajstić information content (AvgIpc) is 2.08. The Kier molecular flexibility index (Phi) is 2.65. The quantitative estimate of drug-likeness (QED) is 0.335. The number of hydrogen-bond donors (Lipinski definition) is 2. The summed E-state index contributed by atoms with van der Waals surface area (Å²) < 4.78 is 13.0. The zero-order valence-electron chi connectivity index (χ0n) is 5.96. The molecule has 0 aliphatic rings. The standard InChI is InChI=1S/C7H6BrFN2O/c8-5-3-4(7(10)11-12)1-2-6(5)9/h1-3,12H,(H2,10,11). The van der Waals surface area contributed by atoms with Crippen molar-refractivity contribution in [3.63, 3.8) is 0 Å². The predicted molar refractivity (Wildman–Crippen MR) is 46.6 cm³/mol. The Bertz CT molecular complexity index is 327. The van der Waals surface area contributed by atoms with Gasteiger partial charge in [-0.1, -0.05) is 5.16 Å². The molecule has 3 N–H and O–H groups in total. The molecule has 0 aliphatic heterocycles. The second-order valence-electron chi connectivity index (χ2n) is 2.11. The van der Waals surface area contributed by atoms with Gasteiger partial charge in [0.1, 0.15) is 5.82 Å². The number of halogens is 2. The second kappa shape index (κ2) is 3.53. The van der Waals surface area contributed by atoms with Crippen LogP contribution in [0, 0.1) is 5.82 Å². The normalized spacial score (nSPS) is 11.7. The summed E-state index contributed by atoms with van der Waals surface area (Å²) in [7, 11) is 0. The van der Waals surface area contributed by atoms with Crippen molar-refractivity contribution in [2.24, 2.45) is 10.9 Å². The Morgan fingerprint density at radius 1 is 1.58 bits per heavy atom. The van der Waals surface area contributed by atoms with E-state index >= 15 is 0 Å². The SMILES string of the molecule is N/C(=N\O)c1ccc(F)c(Br)c1. The summed E-state index contributed by atoms with van der Waals surface area (Å²) in [6, 6.07) is 4.09. The number of rotatable bonds is 1. The lowest BCUT2D eigenvalue weighted by molar-refractivity contribution is 0.318. The highest BCUT2D eigenvalue weighted by Crippen LogP contribution is 2.16. The van der Waals surface area contributed by atoms with E-state index in [2.05, 4.69) is 21.1 Å². The highest BCUT2D eigenvalue weighted by Gasteiger charge is 2.02. The first-order chi connectivity index (χ1) is 5.65. The fourth-order valence-corrected chi connectivity index (χ4v) is 1.09. The van der Waals surface area contributed by atoms with E-state index in [1.807, 2.05) is 0 Å². The third-order valence-electron chi connectivity index (χ3n) is 1.32.